The topological polar surface area (TPSA) is 39.2 Å². The Hall–Kier alpha value is -1.23. The first kappa shape index (κ1) is 12.8. The van der Waals surface area contributed by atoms with E-state index >= 15 is 0 Å². The third-order valence-corrected chi connectivity index (χ3v) is 2.07. The number of pyridine rings is 1. The molecule has 0 atom stereocenters. The average Bonchev–Trinajstić information content (AvgIpc) is 2.20. The summed E-state index contributed by atoms with van der Waals surface area (Å²) in [6, 6.07) is 1.06. The van der Waals surface area contributed by atoms with Crippen LogP contribution >= 0.6 is 11.6 Å². The van der Waals surface area contributed by atoms with Gasteiger partial charge in [0.2, 0.25) is 0 Å². The van der Waals surface area contributed by atoms with Gasteiger partial charge in [0.25, 0.3) is 6.43 Å². The highest BCUT2D eigenvalue weighted by atomic mass is 35.5. The second-order valence-corrected chi connectivity index (χ2v) is 3.38. The van der Waals surface area contributed by atoms with Crippen molar-refractivity contribution in [2.45, 2.75) is 19.8 Å². The van der Waals surface area contributed by atoms with Crippen LogP contribution in [0.4, 0.5) is 8.78 Å². The molecule has 0 spiro atoms. The van der Waals surface area contributed by atoms with Crippen LogP contribution in [0, 0.1) is 0 Å². The average molecular weight is 250 g/mol. The first-order valence-corrected chi connectivity index (χ1v) is 5.00. The lowest BCUT2D eigenvalue weighted by Gasteiger charge is -2.08. The maximum Gasteiger partial charge on any atom is 0.310 e. The minimum Gasteiger partial charge on any atom is -0.466 e. The predicted octanol–water partition coefficient (Wildman–Crippen LogP) is 2.78. The third kappa shape index (κ3) is 3.41. The number of rotatable bonds is 4. The molecule has 0 saturated carbocycles. The van der Waals surface area contributed by atoms with Gasteiger partial charge in [-0.15, -0.1) is 0 Å². The van der Waals surface area contributed by atoms with E-state index in [4.69, 9.17) is 11.6 Å². The van der Waals surface area contributed by atoms with Gasteiger partial charge in [-0.25, -0.2) is 13.8 Å². The Bertz CT molecular complexity index is 385. The largest absolute Gasteiger partial charge is 0.466 e. The highest BCUT2D eigenvalue weighted by Crippen LogP contribution is 2.25. The molecule has 0 unspecified atom stereocenters. The lowest BCUT2D eigenvalue weighted by molar-refractivity contribution is -0.142. The van der Waals surface area contributed by atoms with Crippen molar-refractivity contribution in [3.05, 3.63) is 28.5 Å². The van der Waals surface area contributed by atoms with Crippen molar-refractivity contribution in [3.8, 4) is 0 Å². The molecule has 0 amide bonds. The van der Waals surface area contributed by atoms with Crippen LogP contribution < -0.4 is 0 Å². The summed E-state index contributed by atoms with van der Waals surface area (Å²) in [7, 11) is 0. The number of ether oxygens (including phenoxy) is 1. The first-order valence-electron chi connectivity index (χ1n) is 4.62. The minimum absolute atomic E-state index is 0.0251. The van der Waals surface area contributed by atoms with Crippen molar-refractivity contribution < 1.29 is 18.3 Å². The molecule has 0 fully saturated rings. The van der Waals surface area contributed by atoms with Crippen LogP contribution in [0.15, 0.2) is 12.3 Å². The number of carbonyl (C=O) groups excluding carboxylic acids is 1. The van der Waals surface area contributed by atoms with Crippen molar-refractivity contribution >= 4 is 17.6 Å². The summed E-state index contributed by atoms with van der Waals surface area (Å²) in [5.41, 5.74) is -0.147. The predicted molar refractivity (Wildman–Crippen MR) is 54.5 cm³/mol. The van der Waals surface area contributed by atoms with Crippen molar-refractivity contribution in [1.29, 1.82) is 0 Å². The monoisotopic (exact) mass is 249 g/mol. The summed E-state index contributed by atoms with van der Waals surface area (Å²) in [5.74, 6) is -0.562. The molecule has 88 valence electrons. The summed E-state index contributed by atoms with van der Waals surface area (Å²) in [6.07, 6.45) is -1.75. The van der Waals surface area contributed by atoms with Gasteiger partial charge in [0, 0.05) is 11.8 Å². The molecule has 0 aromatic carbocycles. The molecule has 0 bridgehead atoms. The molecule has 1 aromatic heterocycles. The number of carbonyl (C=O) groups is 1. The van der Waals surface area contributed by atoms with Gasteiger partial charge in [-0.2, -0.15) is 0 Å². The number of aromatic nitrogens is 1. The molecule has 0 aliphatic heterocycles. The molecule has 1 heterocycles. The van der Waals surface area contributed by atoms with Crippen LogP contribution in [-0.4, -0.2) is 17.6 Å². The highest BCUT2D eigenvalue weighted by Gasteiger charge is 2.16. The van der Waals surface area contributed by atoms with Crippen molar-refractivity contribution in [3.63, 3.8) is 0 Å². The molecule has 16 heavy (non-hydrogen) atoms. The molecule has 0 aliphatic rings. The van der Waals surface area contributed by atoms with Crippen molar-refractivity contribution in [2.75, 3.05) is 6.61 Å². The Balaban J connectivity index is 2.90. The van der Waals surface area contributed by atoms with Crippen LogP contribution in [0.25, 0.3) is 0 Å². The maximum absolute atomic E-state index is 12.6. The summed E-state index contributed by atoms with van der Waals surface area (Å²) in [6.45, 7) is 1.86. The van der Waals surface area contributed by atoms with E-state index in [1.54, 1.807) is 6.92 Å². The van der Waals surface area contributed by atoms with Gasteiger partial charge in [-0.05, 0) is 18.6 Å². The molecule has 0 radical (unpaired) electrons. The van der Waals surface area contributed by atoms with Gasteiger partial charge in [-0.3, -0.25) is 4.79 Å². The van der Waals surface area contributed by atoms with E-state index in [9.17, 15) is 13.6 Å². The van der Waals surface area contributed by atoms with Crippen LogP contribution in [0.1, 0.15) is 24.5 Å². The Labute approximate surface area is 96.4 Å². The number of alkyl halides is 2. The normalized spacial score (nSPS) is 10.6. The summed E-state index contributed by atoms with van der Waals surface area (Å²) < 4.78 is 29.9. The molecule has 1 rings (SSSR count). The lowest BCUT2D eigenvalue weighted by atomic mass is 10.1. The fourth-order valence-electron chi connectivity index (χ4n) is 1.19. The van der Waals surface area contributed by atoms with Crippen LogP contribution in [0.3, 0.4) is 0 Å². The van der Waals surface area contributed by atoms with Crippen molar-refractivity contribution in [2.24, 2.45) is 0 Å². The standard InChI is InChI=1S/C10H10ClF2NO2/c1-2-16-9(15)3-6-5-14-8(11)4-7(6)10(12)13/h4-5,10H,2-3H2,1H3. The van der Waals surface area contributed by atoms with E-state index in [2.05, 4.69) is 9.72 Å². The van der Waals surface area contributed by atoms with Gasteiger partial charge in [0.05, 0.1) is 13.0 Å². The van der Waals surface area contributed by atoms with Crippen LogP contribution in [0.2, 0.25) is 5.15 Å². The third-order valence-electron chi connectivity index (χ3n) is 1.86. The Morgan fingerprint density at radius 3 is 2.88 bits per heavy atom. The number of hydrogen-bond donors (Lipinski definition) is 0. The van der Waals surface area contributed by atoms with Gasteiger partial charge in [-0.1, -0.05) is 11.6 Å². The van der Waals surface area contributed by atoms with Crippen molar-refractivity contribution in [1.82, 2.24) is 4.98 Å². The van der Waals surface area contributed by atoms with E-state index in [1.807, 2.05) is 0 Å². The Morgan fingerprint density at radius 2 is 2.31 bits per heavy atom. The fraction of sp³-hybridized carbons (Fsp3) is 0.400. The Kier molecular flexibility index (Phi) is 4.61. The SMILES string of the molecule is CCOC(=O)Cc1cnc(Cl)cc1C(F)F. The molecule has 0 N–H and O–H groups in total. The van der Waals surface area contributed by atoms with Gasteiger partial charge in [0.1, 0.15) is 5.15 Å². The van der Waals surface area contributed by atoms with E-state index in [0.29, 0.717) is 0 Å². The summed E-state index contributed by atoms with van der Waals surface area (Å²) in [4.78, 5) is 14.8. The number of halogens is 3. The second kappa shape index (κ2) is 5.75. The van der Waals surface area contributed by atoms with E-state index in [1.165, 1.54) is 6.20 Å². The van der Waals surface area contributed by atoms with Crippen LogP contribution in [0.5, 0.6) is 0 Å². The zero-order chi connectivity index (χ0) is 12.1. The molecule has 1 aromatic rings. The second-order valence-electron chi connectivity index (χ2n) is 2.99. The maximum atomic E-state index is 12.6. The lowest BCUT2D eigenvalue weighted by Crippen LogP contribution is -2.10. The van der Waals surface area contributed by atoms with E-state index < -0.39 is 12.4 Å². The number of nitrogens with zero attached hydrogens (tertiary/aromatic N) is 1. The van der Waals surface area contributed by atoms with E-state index in [-0.39, 0.29) is 29.3 Å². The number of hydrogen-bond acceptors (Lipinski definition) is 3. The van der Waals surface area contributed by atoms with Gasteiger partial charge >= 0.3 is 5.97 Å². The van der Waals surface area contributed by atoms with Crippen LogP contribution in [-0.2, 0) is 16.0 Å². The molecule has 0 saturated heterocycles. The number of esters is 1. The molecule has 6 heteroatoms. The minimum atomic E-state index is -2.69. The molecule has 3 nitrogen and oxygen atoms in total. The van der Waals surface area contributed by atoms with Gasteiger partial charge < -0.3 is 4.74 Å². The smallest absolute Gasteiger partial charge is 0.310 e. The zero-order valence-corrected chi connectivity index (χ0v) is 9.30. The Morgan fingerprint density at radius 1 is 1.62 bits per heavy atom. The molecular formula is C10H10ClF2NO2. The molecule has 0 aliphatic carbocycles. The van der Waals surface area contributed by atoms with E-state index in [0.717, 1.165) is 6.07 Å². The molecular weight excluding hydrogens is 240 g/mol. The first-order chi connectivity index (χ1) is 7.54. The highest BCUT2D eigenvalue weighted by molar-refractivity contribution is 6.29. The summed E-state index contributed by atoms with van der Waals surface area (Å²) >= 11 is 5.50. The zero-order valence-electron chi connectivity index (χ0n) is 8.54. The summed E-state index contributed by atoms with van der Waals surface area (Å²) in [5, 5.41) is -0.0251. The van der Waals surface area contributed by atoms with Gasteiger partial charge in [0.15, 0.2) is 0 Å². The fourth-order valence-corrected chi connectivity index (χ4v) is 1.36. The quantitative estimate of drug-likeness (QED) is 0.608.